The average Bonchev–Trinajstić information content (AvgIpc) is 2.46. The van der Waals surface area contributed by atoms with Crippen LogP contribution in [-0.4, -0.2) is 32.4 Å². The number of fused-ring (bicyclic) bond motifs is 1. The molecule has 0 unspecified atom stereocenters. The van der Waals surface area contributed by atoms with Crippen molar-refractivity contribution >= 4 is 16.9 Å². The molecule has 1 aromatic heterocycles. The van der Waals surface area contributed by atoms with E-state index < -0.39 is 17.7 Å². The van der Waals surface area contributed by atoms with Crippen LogP contribution in [-0.2, 0) is 14.3 Å². The summed E-state index contributed by atoms with van der Waals surface area (Å²) in [6, 6.07) is 6.52. The molecule has 2 rings (SSSR count). The monoisotopic (exact) mass is 306 g/mol. The van der Waals surface area contributed by atoms with Crippen molar-refractivity contribution in [1.82, 2.24) is 0 Å². The third kappa shape index (κ3) is 3.85. The Balaban J connectivity index is 2.11. The zero-order chi connectivity index (χ0) is 16.1. The van der Waals surface area contributed by atoms with Gasteiger partial charge in [0.25, 0.3) is 0 Å². The smallest absolute Gasteiger partial charge is 0.347 e. The van der Waals surface area contributed by atoms with Crippen molar-refractivity contribution < 1.29 is 23.4 Å². The lowest BCUT2D eigenvalue weighted by molar-refractivity contribution is -0.152. The van der Waals surface area contributed by atoms with Gasteiger partial charge in [0.2, 0.25) is 0 Å². The van der Waals surface area contributed by atoms with E-state index in [9.17, 15) is 9.59 Å². The number of hydrogen-bond donors (Lipinski definition) is 0. The number of methoxy groups -OCH3 is 1. The molecular formula is C16H18O6. The van der Waals surface area contributed by atoms with Crippen LogP contribution in [0.3, 0.4) is 0 Å². The molecule has 1 heterocycles. The molecule has 6 heteroatoms. The molecule has 0 aliphatic carbocycles. The van der Waals surface area contributed by atoms with Crippen LogP contribution < -0.4 is 10.4 Å². The van der Waals surface area contributed by atoms with Crippen molar-refractivity contribution in [2.45, 2.75) is 20.0 Å². The van der Waals surface area contributed by atoms with Gasteiger partial charge in [-0.3, -0.25) is 0 Å². The Hall–Kier alpha value is -2.34. The molecule has 1 atom stereocenters. The number of carbonyl (C=O) groups excluding carboxylic acids is 1. The fourth-order valence-electron chi connectivity index (χ4n) is 1.97. The molecule has 0 bridgehead atoms. The molecule has 0 N–H and O–H groups in total. The first-order chi connectivity index (χ1) is 10.5. The largest absolute Gasteiger partial charge is 0.479 e. The van der Waals surface area contributed by atoms with Gasteiger partial charge in [0.05, 0.1) is 6.61 Å². The number of esters is 1. The van der Waals surface area contributed by atoms with Crippen molar-refractivity contribution in [3.63, 3.8) is 0 Å². The SMILES string of the molecule is COCCOC(=O)[C@H](C)Oc1ccc2c(C)cc(=O)oc2c1. The van der Waals surface area contributed by atoms with Crippen LogP contribution in [0, 0.1) is 6.92 Å². The molecule has 0 saturated carbocycles. The van der Waals surface area contributed by atoms with Crippen LogP contribution >= 0.6 is 0 Å². The lowest BCUT2D eigenvalue weighted by Crippen LogP contribution is -2.27. The summed E-state index contributed by atoms with van der Waals surface area (Å²) >= 11 is 0. The van der Waals surface area contributed by atoms with E-state index in [1.54, 1.807) is 25.1 Å². The van der Waals surface area contributed by atoms with Crippen molar-refractivity contribution in [1.29, 1.82) is 0 Å². The fraction of sp³-hybridized carbons (Fsp3) is 0.375. The molecule has 0 radical (unpaired) electrons. The van der Waals surface area contributed by atoms with Gasteiger partial charge in [0.1, 0.15) is 17.9 Å². The summed E-state index contributed by atoms with van der Waals surface area (Å²) in [5.41, 5.74) is 0.821. The van der Waals surface area contributed by atoms with Crippen molar-refractivity contribution in [2.75, 3.05) is 20.3 Å². The number of ether oxygens (including phenoxy) is 3. The minimum absolute atomic E-state index is 0.175. The lowest BCUT2D eigenvalue weighted by atomic mass is 10.1. The molecule has 0 saturated heterocycles. The summed E-state index contributed by atoms with van der Waals surface area (Å²) in [5, 5.41) is 0.822. The minimum Gasteiger partial charge on any atom is -0.479 e. The molecule has 2 aromatic rings. The van der Waals surface area contributed by atoms with Crippen LogP contribution in [0.1, 0.15) is 12.5 Å². The van der Waals surface area contributed by atoms with Gasteiger partial charge in [-0.1, -0.05) is 0 Å². The van der Waals surface area contributed by atoms with Gasteiger partial charge in [0.15, 0.2) is 6.10 Å². The number of hydrogen-bond acceptors (Lipinski definition) is 6. The van der Waals surface area contributed by atoms with Gasteiger partial charge < -0.3 is 18.6 Å². The highest BCUT2D eigenvalue weighted by atomic mass is 16.6. The summed E-state index contributed by atoms with van der Waals surface area (Å²) in [7, 11) is 1.53. The van der Waals surface area contributed by atoms with E-state index in [1.807, 2.05) is 6.92 Å². The predicted molar refractivity (Wildman–Crippen MR) is 80.1 cm³/mol. The van der Waals surface area contributed by atoms with Gasteiger partial charge in [-0.15, -0.1) is 0 Å². The quantitative estimate of drug-likeness (QED) is 0.462. The summed E-state index contributed by atoms with van der Waals surface area (Å²) in [6.45, 7) is 3.93. The Morgan fingerprint density at radius 2 is 2.05 bits per heavy atom. The van der Waals surface area contributed by atoms with Crippen LogP contribution in [0.5, 0.6) is 5.75 Å². The number of aryl methyl sites for hydroxylation is 1. The maximum atomic E-state index is 11.7. The van der Waals surface area contributed by atoms with Crippen LogP contribution in [0.25, 0.3) is 11.0 Å². The molecule has 0 aliphatic rings. The molecular weight excluding hydrogens is 288 g/mol. The highest BCUT2D eigenvalue weighted by molar-refractivity contribution is 5.81. The summed E-state index contributed by atoms with van der Waals surface area (Å²) in [5.74, 6) is -0.0553. The molecule has 0 aliphatic heterocycles. The van der Waals surface area contributed by atoms with E-state index in [0.717, 1.165) is 10.9 Å². The third-order valence-corrected chi connectivity index (χ3v) is 3.10. The molecule has 0 spiro atoms. The van der Waals surface area contributed by atoms with E-state index >= 15 is 0 Å². The molecule has 118 valence electrons. The predicted octanol–water partition coefficient (Wildman–Crippen LogP) is 2.06. The summed E-state index contributed by atoms with van der Waals surface area (Å²) in [4.78, 5) is 23.1. The first-order valence-corrected chi connectivity index (χ1v) is 6.88. The second-order valence-electron chi connectivity index (χ2n) is 4.83. The van der Waals surface area contributed by atoms with Crippen molar-refractivity contribution in [3.05, 3.63) is 40.2 Å². The van der Waals surface area contributed by atoms with E-state index in [0.29, 0.717) is 17.9 Å². The van der Waals surface area contributed by atoms with E-state index in [2.05, 4.69) is 0 Å². The zero-order valence-electron chi connectivity index (χ0n) is 12.8. The van der Waals surface area contributed by atoms with Gasteiger partial charge in [-0.25, -0.2) is 9.59 Å². The van der Waals surface area contributed by atoms with E-state index in [4.69, 9.17) is 18.6 Å². The standard InChI is InChI=1S/C16H18O6/c1-10-8-15(17)22-14-9-12(4-5-13(10)14)21-11(2)16(18)20-7-6-19-3/h4-5,8-9,11H,6-7H2,1-3H3/t11-/m0/s1. The summed E-state index contributed by atoms with van der Waals surface area (Å²) < 4.78 is 20.4. The van der Waals surface area contributed by atoms with Crippen molar-refractivity contribution in [2.24, 2.45) is 0 Å². The molecule has 6 nitrogen and oxygen atoms in total. The Kier molecular flexibility index (Phi) is 5.16. The highest BCUT2D eigenvalue weighted by Crippen LogP contribution is 2.23. The number of carbonyl (C=O) groups is 1. The van der Waals surface area contributed by atoms with E-state index in [1.165, 1.54) is 13.2 Å². The Morgan fingerprint density at radius 3 is 2.77 bits per heavy atom. The van der Waals surface area contributed by atoms with Gasteiger partial charge in [0, 0.05) is 24.6 Å². The topological polar surface area (TPSA) is 75.0 Å². The average molecular weight is 306 g/mol. The van der Waals surface area contributed by atoms with Gasteiger partial charge in [-0.2, -0.15) is 0 Å². The highest BCUT2D eigenvalue weighted by Gasteiger charge is 2.16. The molecule has 0 amide bonds. The first-order valence-electron chi connectivity index (χ1n) is 6.88. The van der Waals surface area contributed by atoms with Crippen molar-refractivity contribution in [3.8, 4) is 5.75 Å². The van der Waals surface area contributed by atoms with Gasteiger partial charge >= 0.3 is 11.6 Å². The van der Waals surface area contributed by atoms with Crippen LogP contribution in [0.15, 0.2) is 33.5 Å². The van der Waals surface area contributed by atoms with Gasteiger partial charge in [-0.05, 0) is 31.5 Å². The Labute approximate surface area is 127 Å². The van der Waals surface area contributed by atoms with E-state index in [-0.39, 0.29) is 6.61 Å². The molecule has 22 heavy (non-hydrogen) atoms. The maximum Gasteiger partial charge on any atom is 0.347 e. The van der Waals surface area contributed by atoms with Crippen LogP contribution in [0.2, 0.25) is 0 Å². The second kappa shape index (κ2) is 7.09. The van der Waals surface area contributed by atoms with Crippen LogP contribution in [0.4, 0.5) is 0 Å². The second-order valence-corrected chi connectivity index (χ2v) is 4.83. The Bertz CT molecular complexity index is 718. The number of benzene rings is 1. The molecule has 0 fully saturated rings. The third-order valence-electron chi connectivity index (χ3n) is 3.10. The normalized spacial score (nSPS) is 12.1. The molecule has 1 aromatic carbocycles. The summed E-state index contributed by atoms with van der Waals surface area (Å²) in [6.07, 6.45) is -0.772. The zero-order valence-corrected chi connectivity index (χ0v) is 12.8. The minimum atomic E-state index is -0.772. The lowest BCUT2D eigenvalue weighted by Gasteiger charge is -2.14. The Morgan fingerprint density at radius 1 is 1.27 bits per heavy atom. The fourth-order valence-corrected chi connectivity index (χ4v) is 1.97. The first kappa shape index (κ1) is 16.0. The number of rotatable bonds is 6. The maximum absolute atomic E-state index is 11.7.